The summed E-state index contributed by atoms with van der Waals surface area (Å²) in [5.41, 5.74) is 6.49. The molecule has 1 aliphatic heterocycles. The first-order valence-corrected chi connectivity index (χ1v) is 5.21. The molecule has 0 spiro atoms. The molecule has 1 unspecified atom stereocenters. The SMILES string of the molecule is CCC(C)(N)C(=O)N1CCC=C(C)C1. The van der Waals surface area contributed by atoms with Crippen LogP contribution < -0.4 is 5.73 Å². The van der Waals surface area contributed by atoms with Crippen LogP contribution in [0.3, 0.4) is 0 Å². The Hall–Kier alpha value is -0.830. The molecule has 0 aliphatic carbocycles. The van der Waals surface area contributed by atoms with Gasteiger partial charge in [-0.3, -0.25) is 4.79 Å². The van der Waals surface area contributed by atoms with Crippen LogP contribution in [0.15, 0.2) is 11.6 Å². The smallest absolute Gasteiger partial charge is 0.242 e. The lowest BCUT2D eigenvalue weighted by Gasteiger charge is -2.33. The Morgan fingerprint density at radius 2 is 2.36 bits per heavy atom. The van der Waals surface area contributed by atoms with Crippen molar-refractivity contribution in [1.29, 1.82) is 0 Å². The molecule has 1 aliphatic rings. The van der Waals surface area contributed by atoms with Gasteiger partial charge in [0.05, 0.1) is 5.54 Å². The molecule has 1 amide bonds. The van der Waals surface area contributed by atoms with Crippen molar-refractivity contribution in [3.05, 3.63) is 11.6 Å². The number of hydrogen-bond acceptors (Lipinski definition) is 2. The summed E-state index contributed by atoms with van der Waals surface area (Å²) in [6.45, 7) is 7.36. The van der Waals surface area contributed by atoms with Crippen LogP contribution in [0.4, 0.5) is 0 Å². The van der Waals surface area contributed by atoms with Crippen molar-refractivity contribution >= 4 is 5.91 Å². The van der Waals surface area contributed by atoms with Crippen LogP contribution in [0.5, 0.6) is 0 Å². The van der Waals surface area contributed by atoms with Gasteiger partial charge in [0.25, 0.3) is 0 Å². The van der Waals surface area contributed by atoms with Gasteiger partial charge >= 0.3 is 0 Å². The Kier molecular flexibility index (Phi) is 3.32. The molecule has 14 heavy (non-hydrogen) atoms. The van der Waals surface area contributed by atoms with E-state index in [1.165, 1.54) is 5.57 Å². The molecule has 0 aromatic carbocycles. The molecule has 0 fully saturated rings. The van der Waals surface area contributed by atoms with Gasteiger partial charge in [-0.05, 0) is 26.7 Å². The summed E-state index contributed by atoms with van der Waals surface area (Å²) < 4.78 is 0. The first-order chi connectivity index (χ1) is 6.47. The number of rotatable bonds is 2. The second-order valence-electron chi connectivity index (χ2n) is 4.34. The molecule has 3 heteroatoms. The highest BCUT2D eigenvalue weighted by Gasteiger charge is 2.31. The first kappa shape index (κ1) is 11.2. The summed E-state index contributed by atoms with van der Waals surface area (Å²) >= 11 is 0. The third-order valence-corrected chi connectivity index (χ3v) is 2.84. The van der Waals surface area contributed by atoms with Crippen LogP contribution in [-0.4, -0.2) is 29.4 Å². The predicted molar refractivity (Wildman–Crippen MR) is 57.8 cm³/mol. The molecule has 3 nitrogen and oxygen atoms in total. The number of carbonyl (C=O) groups is 1. The fourth-order valence-electron chi connectivity index (χ4n) is 1.60. The second-order valence-corrected chi connectivity index (χ2v) is 4.34. The predicted octanol–water partition coefficient (Wildman–Crippen LogP) is 1.29. The Balaban J connectivity index is 2.67. The monoisotopic (exact) mass is 196 g/mol. The largest absolute Gasteiger partial charge is 0.337 e. The van der Waals surface area contributed by atoms with E-state index in [2.05, 4.69) is 13.0 Å². The molecular formula is C11H20N2O. The number of amides is 1. The van der Waals surface area contributed by atoms with Crippen molar-refractivity contribution in [2.24, 2.45) is 5.73 Å². The summed E-state index contributed by atoms with van der Waals surface area (Å²) in [5, 5.41) is 0. The maximum atomic E-state index is 12.0. The number of hydrogen-bond donors (Lipinski definition) is 1. The zero-order chi connectivity index (χ0) is 10.8. The Morgan fingerprint density at radius 3 is 2.86 bits per heavy atom. The van der Waals surface area contributed by atoms with Gasteiger partial charge in [0.15, 0.2) is 0 Å². The molecule has 0 saturated heterocycles. The third kappa shape index (κ3) is 2.35. The van der Waals surface area contributed by atoms with E-state index in [0.717, 1.165) is 19.5 Å². The van der Waals surface area contributed by atoms with Gasteiger partial charge in [-0.25, -0.2) is 0 Å². The summed E-state index contributed by atoms with van der Waals surface area (Å²) in [7, 11) is 0. The van der Waals surface area contributed by atoms with E-state index in [4.69, 9.17) is 5.73 Å². The van der Waals surface area contributed by atoms with Crippen LogP contribution in [0, 0.1) is 0 Å². The van der Waals surface area contributed by atoms with Crippen molar-refractivity contribution in [1.82, 2.24) is 4.90 Å². The maximum Gasteiger partial charge on any atom is 0.242 e. The zero-order valence-corrected chi connectivity index (χ0v) is 9.34. The lowest BCUT2D eigenvalue weighted by Crippen LogP contribution is -2.53. The molecule has 80 valence electrons. The molecule has 0 bridgehead atoms. The summed E-state index contributed by atoms with van der Waals surface area (Å²) in [5.74, 6) is 0.0763. The van der Waals surface area contributed by atoms with Gasteiger partial charge in [-0.15, -0.1) is 0 Å². The molecule has 1 atom stereocenters. The second kappa shape index (κ2) is 4.13. The minimum atomic E-state index is -0.697. The quantitative estimate of drug-likeness (QED) is 0.676. The third-order valence-electron chi connectivity index (χ3n) is 2.84. The van der Waals surface area contributed by atoms with Crippen molar-refractivity contribution in [3.8, 4) is 0 Å². The van der Waals surface area contributed by atoms with Gasteiger partial charge in [0, 0.05) is 13.1 Å². The average molecular weight is 196 g/mol. The number of carbonyl (C=O) groups excluding carboxylic acids is 1. The van der Waals surface area contributed by atoms with Gasteiger partial charge in [-0.1, -0.05) is 18.6 Å². The Bertz CT molecular complexity index is 256. The zero-order valence-electron chi connectivity index (χ0n) is 9.34. The standard InChI is InChI=1S/C11H20N2O/c1-4-11(3,12)10(14)13-7-5-6-9(2)8-13/h6H,4-5,7-8,12H2,1-3H3. The highest BCUT2D eigenvalue weighted by molar-refractivity contribution is 5.86. The van der Waals surface area contributed by atoms with E-state index in [1.807, 2.05) is 18.7 Å². The van der Waals surface area contributed by atoms with E-state index in [0.29, 0.717) is 6.42 Å². The average Bonchev–Trinajstić information content (AvgIpc) is 2.16. The number of nitrogens with zero attached hydrogens (tertiary/aromatic N) is 1. The minimum absolute atomic E-state index is 0.0763. The first-order valence-electron chi connectivity index (χ1n) is 5.21. The van der Waals surface area contributed by atoms with Crippen LogP contribution in [0.25, 0.3) is 0 Å². The molecule has 2 N–H and O–H groups in total. The van der Waals surface area contributed by atoms with Gasteiger partial charge in [0.2, 0.25) is 5.91 Å². The van der Waals surface area contributed by atoms with Gasteiger partial charge < -0.3 is 10.6 Å². The molecule has 1 heterocycles. The Morgan fingerprint density at radius 1 is 1.71 bits per heavy atom. The summed E-state index contributed by atoms with van der Waals surface area (Å²) in [6.07, 6.45) is 3.83. The lowest BCUT2D eigenvalue weighted by atomic mass is 9.97. The van der Waals surface area contributed by atoms with E-state index in [-0.39, 0.29) is 5.91 Å². The molecule has 0 aromatic heterocycles. The highest BCUT2D eigenvalue weighted by atomic mass is 16.2. The maximum absolute atomic E-state index is 12.0. The molecular weight excluding hydrogens is 176 g/mol. The Labute approximate surface area is 86.0 Å². The van der Waals surface area contributed by atoms with Crippen LogP contribution in [0.1, 0.15) is 33.6 Å². The fourth-order valence-corrected chi connectivity index (χ4v) is 1.60. The van der Waals surface area contributed by atoms with Crippen molar-refractivity contribution in [2.75, 3.05) is 13.1 Å². The lowest BCUT2D eigenvalue weighted by molar-refractivity contribution is -0.136. The van der Waals surface area contributed by atoms with Crippen LogP contribution in [-0.2, 0) is 4.79 Å². The molecule has 0 saturated carbocycles. The van der Waals surface area contributed by atoms with E-state index in [1.54, 1.807) is 0 Å². The fraction of sp³-hybridized carbons (Fsp3) is 0.727. The summed E-state index contributed by atoms with van der Waals surface area (Å²) in [6, 6.07) is 0. The highest BCUT2D eigenvalue weighted by Crippen LogP contribution is 2.15. The van der Waals surface area contributed by atoms with E-state index < -0.39 is 5.54 Å². The van der Waals surface area contributed by atoms with Crippen LogP contribution >= 0.6 is 0 Å². The van der Waals surface area contributed by atoms with Gasteiger partial charge in [-0.2, -0.15) is 0 Å². The normalized spacial score (nSPS) is 21.4. The number of nitrogens with two attached hydrogens (primary N) is 1. The molecule has 0 radical (unpaired) electrons. The van der Waals surface area contributed by atoms with Gasteiger partial charge in [0.1, 0.15) is 0 Å². The van der Waals surface area contributed by atoms with Crippen molar-refractivity contribution in [2.45, 2.75) is 39.2 Å². The topological polar surface area (TPSA) is 46.3 Å². The van der Waals surface area contributed by atoms with E-state index >= 15 is 0 Å². The minimum Gasteiger partial charge on any atom is -0.337 e. The molecule has 0 aromatic rings. The summed E-state index contributed by atoms with van der Waals surface area (Å²) in [4.78, 5) is 13.8. The van der Waals surface area contributed by atoms with Crippen LogP contribution in [0.2, 0.25) is 0 Å². The van der Waals surface area contributed by atoms with Crippen molar-refractivity contribution < 1.29 is 4.79 Å². The molecule has 1 rings (SSSR count). The van der Waals surface area contributed by atoms with Crippen molar-refractivity contribution in [3.63, 3.8) is 0 Å². The van der Waals surface area contributed by atoms with E-state index in [9.17, 15) is 4.79 Å².